The molecular formula is C15H17NO2S. The summed E-state index contributed by atoms with van der Waals surface area (Å²) in [5.74, 6) is -0.0582. The molecule has 0 unspecified atom stereocenters. The van der Waals surface area contributed by atoms with Crippen LogP contribution in [0.4, 0.5) is 0 Å². The van der Waals surface area contributed by atoms with E-state index in [1.165, 1.54) is 11.3 Å². The summed E-state index contributed by atoms with van der Waals surface area (Å²) in [6.45, 7) is 0.0314. The third-order valence-corrected chi connectivity index (χ3v) is 5.01. The van der Waals surface area contributed by atoms with Gasteiger partial charge in [-0.25, -0.2) is 0 Å². The maximum atomic E-state index is 12.3. The average Bonchev–Trinajstić information content (AvgIpc) is 3.05. The number of carbonyl (C=O) groups is 1. The lowest BCUT2D eigenvalue weighted by Crippen LogP contribution is -2.49. The number of hydrogen-bond donors (Lipinski definition) is 2. The Balaban J connectivity index is 1.83. The molecule has 1 aliphatic carbocycles. The Labute approximate surface area is 116 Å². The Hall–Kier alpha value is -1.39. The van der Waals surface area contributed by atoms with Crippen molar-refractivity contribution in [1.29, 1.82) is 0 Å². The van der Waals surface area contributed by atoms with Crippen LogP contribution in [0, 0.1) is 0 Å². The molecule has 1 amide bonds. The van der Waals surface area contributed by atoms with Crippen molar-refractivity contribution in [2.45, 2.75) is 31.2 Å². The minimum atomic E-state index is -0.396. The topological polar surface area (TPSA) is 49.3 Å². The number of amides is 1. The lowest BCUT2D eigenvalue weighted by molar-refractivity contribution is 0.0842. The highest BCUT2D eigenvalue weighted by Crippen LogP contribution is 2.31. The predicted molar refractivity (Wildman–Crippen MR) is 77.6 cm³/mol. The van der Waals surface area contributed by atoms with Gasteiger partial charge in [0.05, 0.1) is 17.0 Å². The highest BCUT2D eigenvalue weighted by molar-refractivity contribution is 7.20. The standard InChI is InChI=1S/C15H17NO2S/c17-10-15(7-3-4-8-15)16-14(18)13-9-11-5-1-2-6-12(11)19-13/h1-2,5-6,9,17H,3-4,7-8,10H2,(H,16,18). The quantitative estimate of drug-likeness (QED) is 0.905. The van der Waals surface area contributed by atoms with E-state index in [-0.39, 0.29) is 12.5 Å². The molecule has 1 fully saturated rings. The van der Waals surface area contributed by atoms with E-state index in [1.807, 2.05) is 30.3 Å². The van der Waals surface area contributed by atoms with Gasteiger partial charge in [0.1, 0.15) is 0 Å². The first-order valence-corrected chi connectivity index (χ1v) is 7.46. The molecule has 3 nitrogen and oxygen atoms in total. The Morgan fingerprint density at radius 1 is 1.32 bits per heavy atom. The highest BCUT2D eigenvalue weighted by Gasteiger charge is 2.35. The number of hydrogen-bond acceptors (Lipinski definition) is 3. The molecule has 1 saturated carbocycles. The molecule has 0 saturated heterocycles. The van der Waals surface area contributed by atoms with Gasteiger partial charge in [0.15, 0.2) is 0 Å². The van der Waals surface area contributed by atoms with Crippen molar-refractivity contribution >= 4 is 27.3 Å². The summed E-state index contributed by atoms with van der Waals surface area (Å²) in [6.07, 6.45) is 3.90. The van der Waals surface area contributed by atoms with E-state index in [0.29, 0.717) is 0 Å². The average molecular weight is 275 g/mol. The van der Waals surface area contributed by atoms with Gasteiger partial charge in [0.2, 0.25) is 0 Å². The first kappa shape index (κ1) is 12.6. The monoisotopic (exact) mass is 275 g/mol. The van der Waals surface area contributed by atoms with Crippen LogP contribution in [0.2, 0.25) is 0 Å². The van der Waals surface area contributed by atoms with Crippen LogP contribution < -0.4 is 5.32 Å². The first-order valence-electron chi connectivity index (χ1n) is 6.64. The van der Waals surface area contributed by atoms with Crippen LogP contribution in [-0.4, -0.2) is 23.2 Å². The van der Waals surface area contributed by atoms with Crippen molar-refractivity contribution in [1.82, 2.24) is 5.32 Å². The summed E-state index contributed by atoms with van der Waals surface area (Å²) < 4.78 is 1.12. The van der Waals surface area contributed by atoms with Crippen LogP contribution in [0.15, 0.2) is 30.3 Å². The summed E-state index contributed by atoms with van der Waals surface area (Å²) >= 11 is 1.50. The number of nitrogens with one attached hydrogen (secondary N) is 1. The second-order valence-electron chi connectivity index (χ2n) is 5.25. The van der Waals surface area contributed by atoms with E-state index in [4.69, 9.17) is 0 Å². The summed E-state index contributed by atoms with van der Waals surface area (Å²) in [4.78, 5) is 13.0. The maximum absolute atomic E-state index is 12.3. The van der Waals surface area contributed by atoms with Crippen molar-refractivity contribution in [3.63, 3.8) is 0 Å². The fourth-order valence-electron chi connectivity index (χ4n) is 2.77. The number of carbonyl (C=O) groups excluding carboxylic acids is 1. The van der Waals surface area contributed by atoms with Crippen LogP contribution in [-0.2, 0) is 0 Å². The normalized spacial score (nSPS) is 17.7. The lowest BCUT2D eigenvalue weighted by atomic mass is 9.99. The molecular weight excluding hydrogens is 258 g/mol. The number of aliphatic hydroxyl groups excluding tert-OH is 1. The highest BCUT2D eigenvalue weighted by atomic mass is 32.1. The molecule has 100 valence electrons. The maximum Gasteiger partial charge on any atom is 0.261 e. The Morgan fingerprint density at radius 2 is 2.05 bits per heavy atom. The minimum Gasteiger partial charge on any atom is -0.394 e. The van der Waals surface area contributed by atoms with Crippen molar-refractivity contribution < 1.29 is 9.90 Å². The van der Waals surface area contributed by atoms with Crippen molar-refractivity contribution in [2.75, 3.05) is 6.61 Å². The summed E-state index contributed by atoms with van der Waals surface area (Å²) in [7, 11) is 0. The van der Waals surface area contributed by atoms with Crippen LogP contribution >= 0.6 is 11.3 Å². The van der Waals surface area contributed by atoms with Gasteiger partial charge in [-0.2, -0.15) is 0 Å². The lowest BCUT2D eigenvalue weighted by Gasteiger charge is -2.27. The molecule has 2 aromatic rings. The Bertz CT molecular complexity index is 566. The van der Waals surface area contributed by atoms with Gasteiger partial charge in [-0.1, -0.05) is 31.0 Å². The molecule has 1 aliphatic rings. The van der Waals surface area contributed by atoms with Crippen LogP contribution in [0.5, 0.6) is 0 Å². The van der Waals surface area contributed by atoms with E-state index >= 15 is 0 Å². The van der Waals surface area contributed by atoms with Gasteiger partial charge in [0, 0.05) is 4.70 Å². The van der Waals surface area contributed by atoms with Gasteiger partial charge in [0.25, 0.3) is 5.91 Å². The van der Waals surface area contributed by atoms with Crippen molar-refractivity contribution in [3.8, 4) is 0 Å². The van der Waals surface area contributed by atoms with E-state index < -0.39 is 5.54 Å². The zero-order chi connectivity index (χ0) is 13.3. The third kappa shape index (κ3) is 2.38. The molecule has 1 aromatic carbocycles. The van der Waals surface area contributed by atoms with Gasteiger partial charge in [-0.05, 0) is 30.4 Å². The summed E-state index contributed by atoms with van der Waals surface area (Å²) in [5.41, 5.74) is -0.396. The number of benzene rings is 1. The second-order valence-corrected chi connectivity index (χ2v) is 6.33. The van der Waals surface area contributed by atoms with Gasteiger partial charge >= 0.3 is 0 Å². The van der Waals surface area contributed by atoms with E-state index in [2.05, 4.69) is 5.32 Å². The summed E-state index contributed by atoms with van der Waals surface area (Å²) in [6, 6.07) is 9.92. The molecule has 3 rings (SSSR count). The van der Waals surface area contributed by atoms with E-state index in [1.54, 1.807) is 0 Å². The fourth-order valence-corrected chi connectivity index (χ4v) is 3.73. The minimum absolute atomic E-state index is 0.0314. The number of fused-ring (bicyclic) bond motifs is 1. The fraction of sp³-hybridized carbons (Fsp3) is 0.400. The molecule has 0 radical (unpaired) electrons. The molecule has 4 heteroatoms. The molecule has 1 heterocycles. The van der Waals surface area contributed by atoms with E-state index in [0.717, 1.165) is 40.6 Å². The second kappa shape index (κ2) is 4.94. The molecule has 2 N–H and O–H groups in total. The molecule has 1 aromatic heterocycles. The van der Waals surface area contributed by atoms with Gasteiger partial charge in [-0.15, -0.1) is 11.3 Å². The number of thiophene rings is 1. The van der Waals surface area contributed by atoms with Crippen molar-refractivity contribution in [3.05, 3.63) is 35.2 Å². The van der Waals surface area contributed by atoms with E-state index in [9.17, 15) is 9.90 Å². The van der Waals surface area contributed by atoms with Gasteiger partial charge in [-0.3, -0.25) is 4.79 Å². The first-order chi connectivity index (χ1) is 9.22. The van der Waals surface area contributed by atoms with Crippen molar-refractivity contribution in [2.24, 2.45) is 0 Å². The molecule has 0 aliphatic heterocycles. The largest absolute Gasteiger partial charge is 0.394 e. The summed E-state index contributed by atoms with van der Waals surface area (Å²) in [5, 5.41) is 13.7. The number of rotatable bonds is 3. The smallest absolute Gasteiger partial charge is 0.261 e. The number of aliphatic hydroxyl groups is 1. The Morgan fingerprint density at radius 3 is 2.74 bits per heavy atom. The Kier molecular flexibility index (Phi) is 3.29. The predicted octanol–water partition coefficient (Wildman–Crippen LogP) is 2.94. The SMILES string of the molecule is O=C(NC1(CO)CCCC1)c1cc2ccccc2s1. The zero-order valence-corrected chi connectivity index (χ0v) is 11.5. The molecule has 0 bridgehead atoms. The molecule has 0 atom stereocenters. The zero-order valence-electron chi connectivity index (χ0n) is 10.7. The molecule has 19 heavy (non-hydrogen) atoms. The van der Waals surface area contributed by atoms with Crippen LogP contribution in [0.3, 0.4) is 0 Å². The van der Waals surface area contributed by atoms with Crippen LogP contribution in [0.1, 0.15) is 35.4 Å². The third-order valence-electron chi connectivity index (χ3n) is 3.89. The van der Waals surface area contributed by atoms with Crippen LogP contribution in [0.25, 0.3) is 10.1 Å². The van der Waals surface area contributed by atoms with Gasteiger partial charge < -0.3 is 10.4 Å². The molecule has 0 spiro atoms.